The number of nitrogens with zero attached hydrogens (tertiary/aromatic N) is 2. The molecule has 2 rings (SSSR count). The molecule has 18 heavy (non-hydrogen) atoms. The first-order valence-electron chi connectivity index (χ1n) is 5.30. The number of hydrogen-bond donors (Lipinski definition) is 3. The van der Waals surface area contributed by atoms with Crippen LogP contribution < -0.4 is 10.9 Å². The molecule has 0 radical (unpaired) electrons. The molecule has 6 heteroatoms. The van der Waals surface area contributed by atoms with Gasteiger partial charge in [0.2, 0.25) is 0 Å². The van der Waals surface area contributed by atoms with Gasteiger partial charge in [0.15, 0.2) is 5.82 Å². The number of nitrogens with one attached hydrogen (secondary N) is 2. The Morgan fingerprint density at radius 3 is 2.78 bits per heavy atom. The summed E-state index contributed by atoms with van der Waals surface area (Å²) in [6.07, 6.45) is 3.34. The number of carboxylic acid groups (broad SMARTS) is 1. The summed E-state index contributed by atoms with van der Waals surface area (Å²) in [7, 11) is 1.64. The Morgan fingerprint density at radius 1 is 1.33 bits per heavy atom. The molecule has 2 aromatic rings. The van der Waals surface area contributed by atoms with E-state index < -0.39 is 5.97 Å². The summed E-state index contributed by atoms with van der Waals surface area (Å²) in [5.41, 5.74) is 6.97. The lowest BCUT2D eigenvalue weighted by molar-refractivity contribution is 0.0697. The molecular formula is C12H12N4O2. The van der Waals surface area contributed by atoms with Crippen LogP contribution in [-0.4, -0.2) is 28.1 Å². The Labute approximate surface area is 104 Å². The van der Waals surface area contributed by atoms with Crippen molar-refractivity contribution in [3.63, 3.8) is 0 Å². The smallest absolute Gasteiger partial charge is 0.339 e. The number of anilines is 1. The maximum Gasteiger partial charge on any atom is 0.339 e. The van der Waals surface area contributed by atoms with Crippen molar-refractivity contribution >= 4 is 11.8 Å². The average molecular weight is 244 g/mol. The van der Waals surface area contributed by atoms with Crippen LogP contribution in [0.3, 0.4) is 0 Å². The van der Waals surface area contributed by atoms with E-state index in [1.165, 1.54) is 6.07 Å². The monoisotopic (exact) mass is 244 g/mol. The Morgan fingerprint density at radius 2 is 2.17 bits per heavy atom. The number of hydrazine groups is 1. The van der Waals surface area contributed by atoms with Gasteiger partial charge in [-0.2, -0.15) is 0 Å². The lowest BCUT2D eigenvalue weighted by Crippen LogP contribution is -2.19. The summed E-state index contributed by atoms with van der Waals surface area (Å²) in [6, 6.07) is 6.82. The Kier molecular flexibility index (Phi) is 3.49. The minimum absolute atomic E-state index is 0.108. The van der Waals surface area contributed by atoms with Crippen molar-refractivity contribution in [2.45, 2.75) is 0 Å². The highest BCUT2D eigenvalue weighted by molar-refractivity contribution is 5.93. The second-order valence-corrected chi connectivity index (χ2v) is 3.51. The zero-order valence-electron chi connectivity index (χ0n) is 9.71. The van der Waals surface area contributed by atoms with Gasteiger partial charge in [-0.3, -0.25) is 4.98 Å². The predicted molar refractivity (Wildman–Crippen MR) is 67.1 cm³/mol. The maximum absolute atomic E-state index is 11.0. The predicted octanol–water partition coefficient (Wildman–Crippen LogP) is 1.39. The zero-order chi connectivity index (χ0) is 13.0. The van der Waals surface area contributed by atoms with Crippen LogP contribution in [0, 0.1) is 0 Å². The molecule has 6 nitrogen and oxygen atoms in total. The van der Waals surface area contributed by atoms with E-state index in [0.29, 0.717) is 5.69 Å². The molecule has 0 unspecified atom stereocenters. The van der Waals surface area contributed by atoms with Crippen molar-refractivity contribution in [3.05, 3.63) is 42.2 Å². The van der Waals surface area contributed by atoms with E-state index >= 15 is 0 Å². The van der Waals surface area contributed by atoms with Crippen LogP contribution in [0.2, 0.25) is 0 Å². The lowest BCUT2D eigenvalue weighted by Gasteiger charge is -2.09. The van der Waals surface area contributed by atoms with Crippen LogP contribution in [0.15, 0.2) is 36.7 Å². The number of pyridine rings is 2. The molecule has 0 saturated carbocycles. The van der Waals surface area contributed by atoms with E-state index in [-0.39, 0.29) is 11.4 Å². The molecule has 3 N–H and O–H groups in total. The molecule has 0 saturated heterocycles. The van der Waals surface area contributed by atoms with Gasteiger partial charge < -0.3 is 10.5 Å². The van der Waals surface area contributed by atoms with Gasteiger partial charge >= 0.3 is 5.97 Å². The van der Waals surface area contributed by atoms with E-state index in [2.05, 4.69) is 20.8 Å². The van der Waals surface area contributed by atoms with Crippen molar-refractivity contribution in [2.75, 3.05) is 12.5 Å². The summed E-state index contributed by atoms with van der Waals surface area (Å²) in [5.74, 6) is -0.760. The average Bonchev–Trinajstić information content (AvgIpc) is 2.40. The summed E-state index contributed by atoms with van der Waals surface area (Å²) >= 11 is 0. The molecule has 0 aliphatic heterocycles. The molecule has 0 atom stereocenters. The minimum Gasteiger partial charge on any atom is -0.478 e. The summed E-state index contributed by atoms with van der Waals surface area (Å²) in [6.45, 7) is 0. The molecule has 2 heterocycles. The molecular weight excluding hydrogens is 232 g/mol. The quantitative estimate of drug-likeness (QED) is 0.704. The van der Waals surface area contributed by atoms with Gasteiger partial charge in [0.05, 0.1) is 5.69 Å². The van der Waals surface area contributed by atoms with Crippen molar-refractivity contribution in [1.29, 1.82) is 0 Å². The number of aromatic carboxylic acids is 1. The van der Waals surface area contributed by atoms with Crippen LogP contribution in [0.25, 0.3) is 11.3 Å². The van der Waals surface area contributed by atoms with Gasteiger partial charge in [-0.15, -0.1) is 0 Å². The molecule has 0 aliphatic rings. The highest BCUT2D eigenvalue weighted by Crippen LogP contribution is 2.20. The number of carboxylic acids is 1. The molecule has 92 valence electrons. The highest BCUT2D eigenvalue weighted by atomic mass is 16.4. The van der Waals surface area contributed by atoms with Crippen LogP contribution in [0.5, 0.6) is 0 Å². The Bertz CT molecular complexity index is 557. The second kappa shape index (κ2) is 5.24. The minimum atomic E-state index is -1.03. The van der Waals surface area contributed by atoms with Gasteiger partial charge in [0.25, 0.3) is 0 Å². The van der Waals surface area contributed by atoms with Gasteiger partial charge in [-0.25, -0.2) is 15.2 Å². The standard InChI is InChI=1S/C12H12N4O2/c1-13-16-11-9(12(17)18)4-5-10(15-11)8-3-2-6-14-7-8/h2-7,13H,1H3,(H,15,16)(H,17,18). The fourth-order valence-electron chi connectivity index (χ4n) is 1.52. The Balaban J connectivity index is 2.46. The molecule has 0 spiro atoms. The Hall–Kier alpha value is -2.47. The zero-order valence-corrected chi connectivity index (χ0v) is 9.71. The number of hydrogen-bond acceptors (Lipinski definition) is 5. The second-order valence-electron chi connectivity index (χ2n) is 3.51. The molecule has 0 amide bonds. The number of aromatic nitrogens is 2. The fraction of sp³-hybridized carbons (Fsp3) is 0.0833. The van der Waals surface area contributed by atoms with Gasteiger partial charge in [0, 0.05) is 25.0 Å². The first kappa shape index (κ1) is 12.0. The van der Waals surface area contributed by atoms with E-state index in [0.717, 1.165) is 5.56 Å². The van der Waals surface area contributed by atoms with E-state index in [4.69, 9.17) is 5.11 Å². The topological polar surface area (TPSA) is 87.1 Å². The lowest BCUT2D eigenvalue weighted by atomic mass is 10.1. The largest absolute Gasteiger partial charge is 0.478 e. The first-order valence-corrected chi connectivity index (χ1v) is 5.30. The normalized spacial score (nSPS) is 10.1. The van der Waals surface area contributed by atoms with Crippen LogP contribution in [0.1, 0.15) is 10.4 Å². The number of rotatable bonds is 4. The van der Waals surface area contributed by atoms with Crippen molar-refractivity contribution in [3.8, 4) is 11.3 Å². The van der Waals surface area contributed by atoms with Gasteiger partial charge in [0.1, 0.15) is 5.56 Å². The van der Waals surface area contributed by atoms with E-state index in [9.17, 15) is 4.79 Å². The van der Waals surface area contributed by atoms with Crippen molar-refractivity contribution < 1.29 is 9.90 Å². The van der Waals surface area contributed by atoms with Crippen LogP contribution >= 0.6 is 0 Å². The molecule has 0 aliphatic carbocycles. The van der Waals surface area contributed by atoms with Gasteiger partial charge in [-0.1, -0.05) is 0 Å². The molecule has 2 aromatic heterocycles. The third kappa shape index (κ3) is 2.44. The third-order valence-corrected chi connectivity index (χ3v) is 2.33. The molecule has 0 aromatic carbocycles. The highest BCUT2D eigenvalue weighted by Gasteiger charge is 2.12. The van der Waals surface area contributed by atoms with E-state index in [1.54, 1.807) is 31.6 Å². The third-order valence-electron chi connectivity index (χ3n) is 2.33. The van der Waals surface area contributed by atoms with Gasteiger partial charge in [-0.05, 0) is 24.3 Å². The SMILES string of the molecule is CNNc1nc(-c2cccnc2)ccc1C(=O)O. The van der Waals surface area contributed by atoms with E-state index in [1.807, 2.05) is 6.07 Å². The molecule has 0 fully saturated rings. The van der Waals surface area contributed by atoms with Crippen LogP contribution in [0.4, 0.5) is 5.82 Å². The fourth-order valence-corrected chi connectivity index (χ4v) is 1.52. The summed E-state index contributed by atoms with van der Waals surface area (Å²) in [5, 5.41) is 9.03. The van der Waals surface area contributed by atoms with Crippen molar-refractivity contribution in [1.82, 2.24) is 15.4 Å². The number of carbonyl (C=O) groups is 1. The summed E-state index contributed by atoms with van der Waals surface area (Å²) in [4.78, 5) is 19.3. The maximum atomic E-state index is 11.0. The summed E-state index contributed by atoms with van der Waals surface area (Å²) < 4.78 is 0. The molecule has 0 bridgehead atoms. The van der Waals surface area contributed by atoms with Crippen molar-refractivity contribution in [2.24, 2.45) is 0 Å². The first-order chi connectivity index (χ1) is 8.72. The van der Waals surface area contributed by atoms with Crippen LogP contribution in [-0.2, 0) is 0 Å².